The molecular weight excluding hydrogens is 1260 g/mol. The fourth-order valence-electron chi connectivity index (χ4n) is 10.3. The van der Waals surface area contributed by atoms with E-state index in [2.05, 4.69) is 101 Å². The fourth-order valence-corrected chi connectivity index (χ4v) is 11.9. The number of hydrogen-bond donors (Lipinski definition) is 3. The van der Waals surface area contributed by atoms with E-state index in [4.69, 9.17) is 37.0 Å². The van der Waals surface area contributed by atoms with E-state index >= 15 is 0 Å². The van der Waals surface area contributed by atoms with Gasteiger partial charge in [0.25, 0.3) is 0 Å². The Balaban J connectivity index is 5.35. The highest BCUT2D eigenvalue weighted by Crippen LogP contribution is 2.45. The number of carbonyl (C=O) groups is 4. The van der Waals surface area contributed by atoms with Crippen molar-refractivity contribution in [1.29, 1.82) is 0 Å². The second kappa shape index (κ2) is 70.0. The number of phosphoric ester groups is 2. The smallest absolute Gasteiger partial charge is 0.462 e. The van der Waals surface area contributed by atoms with Gasteiger partial charge in [0.2, 0.25) is 0 Å². The van der Waals surface area contributed by atoms with E-state index in [9.17, 15) is 43.2 Å². The molecule has 96 heavy (non-hydrogen) atoms. The molecule has 0 fully saturated rings. The molecule has 0 rings (SSSR count). The van der Waals surface area contributed by atoms with Crippen LogP contribution in [0.2, 0.25) is 0 Å². The highest BCUT2D eigenvalue weighted by Gasteiger charge is 2.30. The van der Waals surface area contributed by atoms with Gasteiger partial charge in [0.1, 0.15) is 19.3 Å². The Morgan fingerprint density at radius 1 is 0.302 bits per heavy atom. The van der Waals surface area contributed by atoms with Crippen molar-refractivity contribution in [1.82, 2.24) is 0 Å². The maximum atomic E-state index is 13.1. The summed E-state index contributed by atoms with van der Waals surface area (Å²) in [4.78, 5) is 72.8. The summed E-state index contributed by atoms with van der Waals surface area (Å²) in [6.07, 6.45) is 68.9. The Bertz CT molecular complexity index is 2110. The summed E-state index contributed by atoms with van der Waals surface area (Å²) in [5, 5.41) is 10.6. The predicted octanol–water partition coefficient (Wildman–Crippen LogP) is 21.7. The molecule has 0 amide bonds. The minimum absolute atomic E-state index is 0.0832. The van der Waals surface area contributed by atoms with Crippen LogP contribution in [-0.4, -0.2) is 96.7 Å². The topological polar surface area (TPSA) is 237 Å². The number of esters is 4. The van der Waals surface area contributed by atoms with Crippen molar-refractivity contribution in [3.8, 4) is 0 Å². The van der Waals surface area contributed by atoms with Crippen LogP contribution in [0.4, 0.5) is 0 Å². The molecule has 0 aromatic carbocycles. The lowest BCUT2D eigenvalue weighted by atomic mass is 10.1. The second-order valence-corrected chi connectivity index (χ2v) is 28.5. The van der Waals surface area contributed by atoms with Gasteiger partial charge in [-0.05, 0) is 135 Å². The van der Waals surface area contributed by atoms with Crippen LogP contribution in [0.5, 0.6) is 0 Å². The van der Waals surface area contributed by atoms with Gasteiger partial charge in [-0.15, -0.1) is 0 Å². The van der Waals surface area contributed by atoms with Crippen LogP contribution in [0.3, 0.4) is 0 Å². The van der Waals surface area contributed by atoms with Crippen molar-refractivity contribution < 1.29 is 80.2 Å². The molecule has 0 heterocycles. The minimum Gasteiger partial charge on any atom is -0.462 e. The standard InChI is InChI=1S/C77H138O17P2/c1-5-9-13-17-21-25-29-33-35-39-42-46-50-54-58-62-75(80)88-68-73(94-77(82)64-60-56-52-48-44-40-36-34-30-26-22-18-14-10-6-2)70-92-96(85,86)90-66-71(78)65-89-95(83,84)91-69-72(93-76(81)63-59-55-51-47-43-38-32-28-24-20-16-12-8-4)67-87-74(79)61-57-53-49-45-41-37-31-27-23-19-15-11-7-3/h9,13,21,25,27-28,31-36,71-73,78H,5-8,10-12,14-20,22-24,26,29-30,37-70H2,1-4H3,(H,83,84)(H,85,86)/b13-9-,25-21-,31-27-,32-28-,35-33-,36-34-. The maximum absolute atomic E-state index is 13.1. The molecular formula is C77H138O17P2. The molecule has 19 heteroatoms. The Hall–Kier alpha value is -3.50. The Labute approximate surface area is 583 Å². The van der Waals surface area contributed by atoms with Gasteiger partial charge in [-0.3, -0.25) is 37.3 Å². The summed E-state index contributed by atoms with van der Waals surface area (Å²) in [6, 6.07) is 0. The van der Waals surface area contributed by atoms with Gasteiger partial charge in [-0.25, -0.2) is 9.13 Å². The first-order chi connectivity index (χ1) is 46.7. The third-order valence-electron chi connectivity index (χ3n) is 16.1. The van der Waals surface area contributed by atoms with Gasteiger partial charge in [0.05, 0.1) is 26.4 Å². The molecule has 0 saturated heterocycles. The molecule has 0 aromatic heterocycles. The molecule has 0 bridgehead atoms. The second-order valence-electron chi connectivity index (χ2n) is 25.6. The SMILES string of the molecule is CC/C=C\C/C=C\C/C=C\CCCCCCCC(=O)OCC(COP(=O)(O)OCC(O)COP(=O)(O)OCC(COC(=O)CCCCCCC/C=C\CCCCCC)OC(=O)CCCCCCC/C=C\CCCCCC)OC(=O)CCCCCCC/C=C\CCCCCCCC. The average molecular weight is 1400 g/mol. The number of phosphoric acid groups is 2. The van der Waals surface area contributed by atoms with Crippen LogP contribution in [0.1, 0.15) is 336 Å². The molecule has 0 aliphatic carbocycles. The lowest BCUT2D eigenvalue weighted by Crippen LogP contribution is -2.30. The Morgan fingerprint density at radius 2 is 0.542 bits per heavy atom. The van der Waals surface area contributed by atoms with E-state index in [0.29, 0.717) is 25.7 Å². The lowest BCUT2D eigenvalue weighted by Gasteiger charge is -2.21. The number of carbonyl (C=O) groups excluding carboxylic acids is 4. The first-order valence-electron chi connectivity index (χ1n) is 38.2. The zero-order valence-electron chi connectivity index (χ0n) is 60.8. The summed E-state index contributed by atoms with van der Waals surface area (Å²) in [7, 11) is -9.95. The number of allylic oxidation sites excluding steroid dienone is 12. The van der Waals surface area contributed by atoms with E-state index in [0.717, 1.165) is 167 Å². The predicted molar refractivity (Wildman–Crippen MR) is 390 cm³/mol. The molecule has 0 aliphatic rings. The average Bonchev–Trinajstić information content (AvgIpc) is 1.36. The molecule has 0 spiro atoms. The van der Waals surface area contributed by atoms with E-state index in [1.165, 1.54) is 89.9 Å². The highest BCUT2D eigenvalue weighted by molar-refractivity contribution is 7.47. The number of hydrogen-bond acceptors (Lipinski definition) is 15. The summed E-state index contributed by atoms with van der Waals surface area (Å²) < 4.78 is 68.4. The largest absolute Gasteiger partial charge is 0.472 e. The molecule has 5 atom stereocenters. The van der Waals surface area contributed by atoms with Crippen molar-refractivity contribution >= 4 is 39.5 Å². The van der Waals surface area contributed by atoms with Crippen molar-refractivity contribution in [3.05, 3.63) is 72.9 Å². The van der Waals surface area contributed by atoms with Crippen molar-refractivity contribution in [2.45, 2.75) is 354 Å². The molecule has 0 saturated carbocycles. The van der Waals surface area contributed by atoms with Gasteiger partial charge in [-0.1, -0.05) is 248 Å². The van der Waals surface area contributed by atoms with Crippen LogP contribution in [0.15, 0.2) is 72.9 Å². The van der Waals surface area contributed by atoms with Gasteiger partial charge in [0, 0.05) is 25.7 Å². The molecule has 0 aliphatic heterocycles. The number of aliphatic hydroxyl groups excluding tert-OH is 1. The Kier molecular flexibility index (Phi) is 67.4. The normalized spacial score (nSPS) is 14.4. The number of unbranched alkanes of at least 4 members (excludes halogenated alkanes) is 34. The summed E-state index contributed by atoms with van der Waals surface area (Å²) in [6.45, 7) is 4.71. The third kappa shape index (κ3) is 69.0. The third-order valence-corrected chi connectivity index (χ3v) is 18.0. The van der Waals surface area contributed by atoms with Gasteiger partial charge < -0.3 is 33.8 Å². The molecule has 0 aromatic rings. The van der Waals surface area contributed by atoms with E-state index in [1.54, 1.807) is 0 Å². The van der Waals surface area contributed by atoms with Crippen LogP contribution < -0.4 is 0 Å². The number of ether oxygens (including phenoxy) is 4. The monoisotopic (exact) mass is 1400 g/mol. The summed E-state index contributed by atoms with van der Waals surface area (Å²) >= 11 is 0. The lowest BCUT2D eigenvalue weighted by molar-refractivity contribution is -0.161. The molecule has 558 valence electrons. The fraction of sp³-hybridized carbons (Fsp3) is 0.792. The maximum Gasteiger partial charge on any atom is 0.472 e. The zero-order valence-corrected chi connectivity index (χ0v) is 62.6. The van der Waals surface area contributed by atoms with E-state index in [1.807, 2.05) is 0 Å². The minimum atomic E-state index is -4.97. The number of rotatable bonds is 72. The van der Waals surface area contributed by atoms with Crippen LogP contribution >= 0.6 is 15.6 Å². The summed E-state index contributed by atoms with van der Waals surface area (Å²) in [5.41, 5.74) is 0. The van der Waals surface area contributed by atoms with Gasteiger partial charge in [-0.2, -0.15) is 0 Å². The molecule has 5 unspecified atom stereocenters. The zero-order chi connectivity index (χ0) is 70.4. The van der Waals surface area contributed by atoms with E-state index < -0.39 is 97.5 Å². The van der Waals surface area contributed by atoms with Crippen LogP contribution in [0.25, 0.3) is 0 Å². The molecule has 3 N–H and O–H groups in total. The van der Waals surface area contributed by atoms with Crippen molar-refractivity contribution in [2.24, 2.45) is 0 Å². The van der Waals surface area contributed by atoms with Crippen molar-refractivity contribution in [3.63, 3.8) is 0 Å². The van der Waals surface area contributed by atoms with Gasteiger partial charge in [0.15, 0.2) is 12.2 Å². The molecule has 17 nitrogen and oxygen atoms in total. The van der Waals surface area contributed by atoms with Crippen LogP contribution in [-0.2, 0) is 65.4 Å². The number of aliphatic hydroxyl groups is 1. The quantitative estimate of drug-likeness (QED) is 0.0169. The van der Waals surface area contributed by atoms with Crippen molar-refractivity contribution in [2.75, 3.05) is 39.6 Å². The van der Waals surface area contributed by atoms with E-state index in [-0.39, 0.29) is 25.7 Å². The summed E-state index contributed by atoms with van der Waals surface area (Å²) in [5.74, 6) is -2.20. The molecule has 0 radical (unpaired) electrons. The Morgan fingerprint density at radius 3 is 0.854 bits per heavy atom. The highest BCUT2D eigenvalue weighted by atomic mass is 31.2. The first-order valence-corrected chi connectivity index (χ1v) is 41.2. The van der Waals surface area contributed by atoms with Crippen LogP contribution in [0, 0.1) is 0 Å². The first kappa shape index (κ1) is 92.5. The van der Waals surface area contributed by atoms with Gasteiger partial charge >= 0.3 is 39.5 Å².